The van der Waals surface area contributed by atoms with Gasteiger partial charge in [-0.05, 0) is 6.92 Å². The molecule has 10 nitrogen and oxygen atoms in total. The number of anilines is 1. The average molecular weight is 359 g/mol. The number of rotatable bonds is 6. The third-order valence-corrected chi connectivity index (χ3v) is 3.59. The van der Waals surface area contributed by atoms with Gasteiger partial charge in [0.05, 0.1) is 33.0 Å². The first kappa shape index (κ1) is 19.0. The van der Waals surface area contributed by atoms with Gasteiger partial charge in [0.25, 0.3) is 0 Å². The molecule has 1 aromatic rings. The van der Waals surface area contributed by atoms with Crippen molar-refractivity contribution in [2.24, 2.45) is 0 Å². The van der Waals surface area contributed by atoms with Crippen molar-refractivity contribution >= 4 is 17.8 Å². The molecule has 0 amide bonds. The number of esters is 2. The van der Waals surface area contributed by atoms with Crippen LogP contribution in [0.2, 0.25) is 0 Å². The number of aryl methyl sites for hydroxylation is 1. The van der Waals surface area contributed by atoms with Crippen LogP contribution in [0.1, 0.15) is 23.4 Å². The van der Waals surface area contributed by atoms with Gasteiger partial charge in [-0.15, -0.1) is 4.48 Å². The van der Waals surface area contributed by atoms with Gasteiger partial charge in [0.1, 0.15) is 11.5 Å². The summed E-state index contributed by atoms with van der Waals surface area (Å²) in [6, 6.07) is 0. The van der Waals surface area contributed by atoms with Crippen LogP contribution in [0.3, 0.4) is 0 Å². The molecule has 0 spiro atoms. The molecule has 1 aromatic heterocycles. The lowest BCUT2D eigenvalue weighted by molar-refractivity contribution is -0.187. The van der Waals surface area contributed by atoms with E-state index >= 15 is 0 Å². The van der Waals surface area contributed by atoms with Gasteiger partial charge in [-0.1, -0.05) is 0 Å². The number of aromatic nitrogens is 2. The van der Waals surface area contributed by atoms with E-state index in [1.807, 2.05) is 0 Å². The van der Waals surface area contributed by atoms with Crippen molar-refractivity contribution in [1.82, 2.24) is 9.97 Å². The van der Waals surface area contributed by atoms with Crippen LogP contribution in [0.15, 0.2) is 0 Å². The van der Waals surface area contributed by atoms with Crippen molar-refractivity contribution in [3.8, 4) is 0 Å². The Morgan fingerprint density at radius 2 is 1.72 bits per heavy atom. The Bertz CT molecular complexity index is 648. The minimum absolute atomic E-state index is 0.0612. The molecule has 1 saturated heterocycles. The lowest BCUT2D eigenvalue weighted by Crippen LogP contribution is -2.49. The maximum atomic E-state index is 13.3. The van der Waals surface area contributed by atoms with Crippen LogP contribution in [0.25, 0.3) is 0 Å². The molecule has 2 rings (SSSR count). The Kier molecular flexibility index (Phi) is 5.82. The molecule has 0 unspecified atom stereocenters. The van der Waals surface area contributed by atoms with Crippen molar-refractivity contribution in [3.63, 3.8) is 0 Å². The molecule has 25 heavy (non-hydrogen) atoms. The van der Waals surface area contributed by atoms with Crippen molar-refractivity contribution in [3.05, 3.63) is 17.1 Å². The van der Waals surface area contributed by atoms with Gasteiger partial charge in [-0.25, -0.2) is 25.1 Å². The van der Waals surface area contributed by atoms with E-state index < -0.39 is 23.8 Å². The van der Waals surface area contributed by atoms with E-state index in [-0.39, 0.29) is 36.1 Å². The van der Waals surface area contributed by atoms with E-state index in [0.717, 1.165) is 21.3 Å². The van der Waals surface area contributed by atoms with E-state index in [2.05, 4.69) is 9.97 Å². The first-order chi connectivity index (χ1) is 12.0. The molecule has 0 saturated carbocycles. The average Bonchev–Trinajstić information content (AvgIpc) is 3.15. The summed E-state index contributed by atoms with van der Waals surface area (Å²) in [6.45, 7) is 1.89. The zero-order valence-electron chi connectivity index (χ0n) is 14.1. The Morgan fingerprint density at radius 3 is 2.16 bits per heavy atom. The van der Waals surface area contributed by atoms with Crippen LogP contribution >= 0.6 is 0 Å². The van der Waals surface area contributed by atoms with Gasteiger partial charge in [0.15, 0.2) is 12.1 Å². The normalized spacial score (nSPS) is 15.1. The summed E-state index contributed by atoms with van der Waals surface area (Å²) in [4.78, 5) is 32.9. The Morgan fingerprint density at radius 1 is 1.16 bits per heavy atom. The van der Waals surface area contributed by atoms with Crippen LogP contribution < -0.4 is 5.54 Å². The molecule has 1 N–H and O–H groups in total. The van der Waals surface area contributed by atoms with Crippen LogP contribution in [0.5, 0.6) is 0 Å². The van der Waals surface area contributed by atoms with Crippen LogP contribution in [0.4, 0.5) is 10.3 Å². The highest BCUT2D eigenvalue weighted by Crippen LogP contribution is 2.38. The third-order valence-electron chi connectivity index (χ3n) is 3.59. The molecule has 138 valence electrons. The van der Waals surface area contributed by atoms with E-state index in [0.29, 0.717) is 0 Å². The van der Waals surface area contributed by atoms with Crippen molar-refractivity contribution in [2.75, 3.05) is 40.1 Å². The number of nitrogens with zero attached hydrogens (tertiary/aromatic N) is 2. The Hall–Kier alpha value is -2.37. The van der Waals surface area contributed by atoms with Crippen LogP contribution in [-0.2, 0) is 38.9 Å². The fourth-order valence-corrected chi connectivity index (χ4v) is 2.50. The summed E-state index contributed by atoms with van der Waals surface area (Å²) in [7, 11) is 3.21. The van der Waals surface area contributed by atoms with Gasteiger partial charge < -0.3 is 23.7 Å². The molecule has 1 aliphatic heterocycles. The molecule has 1 aliphatic rings. The minimum atomic E-state index is -2.41. The topological polar surface area (TPSA) is 118 Å². The SMILES string of the molecule is COC(=O)C(OC)(C(=O)OC)c1nc(C)nc(NF)c1C1OCCO1. The highest BCUT2D eigenvalue weighted by atomic mass is 19.2. The standard InChI is InChI=1S/C14H18FN3O7/c1-7-16-9(14(23-4,12(19)21-2)13(20)22-3)8(10(17-7)18-15)11-24-5-6-25-11/h11H,5-6H2,1-4H3,(H,16,17,18). The quantitative estimate of drug-likeness (QED) is 0.432. The smallest absolute Gasteiger partial charge is 0.356 e. The second-order valence-electron chi connectivity index (χ2n) is 4.92. The summed E-state index contributed by atoms with van der Waals surface area (Å²) in [6.07, 6.45) is -1.11. The molecular formula is C14H18FN3O7. The highest BCUT2D eigenvalue weighted by molar-refractivity contribution is 6.04. The molecule has 1 fully saturated rings. The van der Waals surface area contributed by atoms with Crippen molar-refractivity contribution in [1.29, 1.82) is 0 Å². The zero-order valence-corrected chi connectivity index (χ0v) is 14.1. The van der Waals surface area contributed by atoms with Crippen molar-refractivity contribution < 1.29 is 37.8 Å². The molecular weight excluding hydrogens is 341 g/mol. The fraction of sp³-hybridized carbons (Fsp3) is 0.571. The van der Waals surface area contributed by atoms with Gasteiger partial charge in [-0.3, -0.25) is 0 Å². The Balaban J connectivity index is 2.81. The lowest BCUT2D eigenvalue weighted by Gasteiger charge is -2.29. The lowest BCUT2D eigenvalue weighted by atomic mass is 9.94. The number of carbonyl (C=O) groups excluding carboxylic acids is 2. The minimum Gasteiger partial charge on any atom is -0.466 e. The molecule has 0 aliphatic carbocycles. The zero-order chi connectivity index (χ0) is 18.6. The van der Waals surface area contributed by atoms with E-state index in [9.17, 15) is 14.1 Å². The van der Waals surface area contributed by atoms with Gasteiger partial charge in [-0.2, -0.15) is 0 Å². The summed E-state index contributed by atoms with van der Waals surface area (Å²) in [5, 5.41) is 0. The molecule has 0 atom stereocenters. The van der Waals surface area contributed by atoms with Gasteiger partial charge in [0, 0.05) is 7.11 Å². The number of carbonyl (C=O) groups is 2. The number of hydrogen-bond acceptors (Lipinski definition) is 10. The maximum absolute atomic E-state index is 13.3. The summed E-state index contributed by atoms with van der Waals surface area (Å²) in [5.74, 6) is -2.48. The maximum Gasteiger partial charge on any atom is 0.356 e. The first-order valence-corrected chi connectivity index (χ1v) is 7.17. The predicted octanol–water partition coefficient (Wildman–Crippen LogP) is 0.315. The largest absolute Gasteiger partial charge is 0.466 e. The third kappa shape index (κ3) is 3.13. The number of halogens is 1. The molecule has 0 aromatic carbocycles. The van der Waals surface area contributed by atoms with Gasteiger partial charge >= 0.3 is 17.5 Å². The summed E-state index contributed by atoms with van der Waals surface area (Å²) < 4.78 is 38.6. The van der Waals surface area contributed by atoms with Crippen molar-refractivity contribution in [2.45, 2.75) is 18.8 Å². The highest BCUT2D eigenvalue weighted by Gasteiger charge is 2.55. The summed E-state index contributed by atoms with van der Waals surface area (Å²) >= 11 is 0. The summed E-state index contributed by atoms with van der Waals surface area (Å²) in [5.41, 5.74) is -1.42. The number of ether oxygens (including phenoxy) is 5. The first-order valence-electron chi connectivity index (χ1n) is 7.17. The number of methoxy groups -OCH3 is 3. The van der Waals surface area contributed by atoms with Gasteiger partial charge in [0.2, 0.25) is 0 Å². The van der Waals surface area contributed by atoms with E-state index in [1.54, 1.807) is 0 Å². The predicted molar refractivity (Wildman–Crippen MR) is 78.9 cm³/mol. The number of nitrogens with one attached hydrogen (secondary N) is 1. The second-order valence-corrected chi connectivity index (χ2v) is 4.92. The number of hydrogen-bond donors (Lipinski definition) is 1. The fourth-order valence-electron chi connectivity index (χ4n) is 2.50. The van der Waals surface area contributed by atoms with Crippen LogP contribution in [0, 0.1) is 6.92 Å². The molecule has 11 heteroatoms. The van der Waals surface area contributed by atoms with E-state index in [4.69, 9.17) is 23.7 Å². The molecule has 0 radical (unpaired) electrons. The molecule has 2 heterocycles. The van der Waals surface area contributed by atoms with E-state index in [1.165, 1.54) is 12.5 Å². The van der Waals surface area contributed by atoms with Crippen LogP contribution in [-0.4, -0.2) is 56.4 Å². The Labute approximate surface area is 142 Å². The second kappa shape index (κ2) is 7.68. The monoisotopic (exact) mass is 359 g/mol. The molecule has 0 bridgehead atoms.